The largest absolute Gasteiger partial charge is 0.467 e. The predicted octanol–water partition coefficient (Wildman–Crippen LogP) is 1.91. The maximum atomic E-state index is 13.1. The van der Waals surface area contributed by atoms with Gasteiger partial charge in [0.2, 0.25) is 5.91 Å². The highest BCUT2D eigenvalue weighted by atomic mass is 16.3. The highest BCUT2D eigenvalue weighted by molar-refractivity contribution is 5.99. The average Bonchev–Trinajstić information content (AvgIpc) is 3.44. The second-order valence-corrected chi connectivity index (χ2v) is 7.72. The lowest BCUT2D eigenvalue weighted by Gasteiger charge is -2.20. The molecule has 0 aliphatic carbocycles. The van der Waals surface area contributed by atoms with E-state index in [1.165, 1.54) is 24.3 Å². The minimum Gasteiger partial charge on any atom is -0.467 e. The third kappa shape index (κ3) is 4.88. The molecule has 0 radical (unpaired) electrons. The fourth-order valence-corrected chi connectivity index (χ4v) is 3.63. The number of aryl methyl sites for hydroxylation is 1. The summed E-state index contributed by atoms with van der Waals surface area (Å²) in [6.45, 7) is 1.79. The molecule has 1 aliphatic rings. The van der Waals surface area contributed by atoms with Crippen molar-refractivity contribution in [2.45, 2.75) is 26.1 Å². The lowest BCUT2D eigenvalue weighted by atomic mass is 10.2. The highest BCUT2D eigenvalue weighted by Gasteiger charge is 2.27. The number of nitrogens with zero attached hydrogens (tertiary/aromatic N) is 4. The van der Waals surface area contributed by atoms with Gasteiger partial charge in [0.05, 0.1) is 19.4 Å². The second kappa shape index (κ2) is 9.51. The normalized spacial score (nSPS) is 13.4. The second-order valence-electron chi connectivity index (χ2n) is 7.72. The van der Waals surface area contributed by atoms with E-state index in [9.17, 15) is 14.4 Å². The van der Waals surface area contributed by atoms with Gasteiger partial charge in [-0.3, -0.25) is 19.1 Å². The maximum absolute atomic E-state index is 13.1. The number of carbonyl (C=O) groups excluding carboxylic acids is 3. The molecule has 0 fully saturated rings. The molecule has 3 heterocycles. The van der Waals surface area contributed by atoms with E-state index in [-0.39, 0.29) is 30.6 Å². The van der Waals surface area contributed by atoms with Crippen LogP contribution in [-0.4, -0.2) is 57.4 Å². The van der Waals surface area contributed by atoms with Crippen LogP contribution in [0.25, 0.3) is 0 Å². The van der Waals surface area contributed by atoms with Gasteiger partial charge in [-0.25, -0.2) is 0 Å². The van der Waals surface area contributed by atoms with Crippen LogP contribution in [0.4, 0.5) is 0 Å². The van der Waals surface area contributed by atoms with Crippen LogP contribution in [0.5, 0.6) is 0 Å². The van der Waals surface area contributed by atoms with E-state index in [0.29, 0.717) is 31.1 Å². The first-order chi connectivity index (χ1) is 15.5. The molecule has 2 aromatic heterocycles. The SMILES string of the molecule is CN(CC(=O)NCc1ccco1)C(=O)c1cc2n(n1)CCCN(Cc1ccccc1)C2=O. The first kappa shape index (κ1) is 21.4. The van der Waals surface area contributed by atoms with Crippen LogP contribution in [0.1, 0.15) is 38.7 Å². The van der Waals surface area contributed by atoms with E-state index in [4.69, 9.17) is 4.42 Å². The zero-order chi connectivity index (χ0) is 22.5. The van der Waals surface area contributed by atoms with Crippen molar-refractivity contribution >= 4 is 17.7 Å². The molecular formula is C23H25N5O4. The standard InChI is InChI=1S/C23H25N5O4/c1-26(16-21(29)24-14-18-9-5-12-32-18)22(30)19-13-20-23(31)27(10-6-11-28(20)25-19)15-17-7-3-2-4-8-17/h2-5,7-9,12-13H,6,10-11,14-16H2,1H3,(H,24,29). The molecule has 4 rings (SSSR count). The van der Waals surface area contributed by atoms with Gasteiger partial charge in [-0.05, 0) is 24.1 Å². The number of fused-ring (bicyclic) bond motifs is 1. The maximum Gasteiger partial charge on any atom is 0.274 e. The molecule has 0 unspecified atom stereocenters. The molecule has 32 heavy (non-hydrogen) atoms. The molecule has 9 heteroatoms. The van der Waals surface area contributed by atoms with Crippen LogP contribution < -0.4 is 5.32 Å². The molecule has 9 nitrogen and oxygen atoms in total. The highest BCUT2D eigenvalue weighted by Crippen LogP contribution is 2.17. The molecular weight excluding hydrogens is 410 g/mol. The fourth-order valence-electron chi connectivity index (χ4n) is 3.63. The molecule has 0 saturated heterocycles. The summed E-state index contributed by atoms with van der Waals surface area (Å²) >= 11 is 0. The van der Waals surface area contributed by atoms with E-state index in [1.807, 2.05) is 30.3 Å². The van der Waals surface area contributed by atoms with E-state index in [0.717, 1.165) is 12.0 Å². The number of hydrogen-bond donors (Lipinski definition) is 1. The van der Waals surface area contributed by atoms with Crippen molar-refractivity contribution in [1.82, 2.24) is 24.9 Å². The number of rotatable bonds is 7. The summed E-state index contributed by atoms with van der Waals surface area (Å²) in [6.07, 6.45) is 2.27. The monoisotopic (exact) mass is 435 g/mol. The van der Waals surface area contributed by atoms with E-state index < -0.39 is 5.91 Å². The van der Waals surface area contributed by atoms with Gasteiger partial charge in [-0.2, -0.15) is 5.10 Å². The number of benzene rings is 1. The van der Waals surface area contributed by atoms with E-state index in [1.54, 1.807) is 21.7 Å². The lowest BCUT2D eigenvalue weighted by Crippen LogP contribution is -2.38. The Hall–Kier alpha value is -3.88. The van der Waals surface area contributed by atoms with Gasteiger partial charge in [0.1, 0.15) is 11.5 Å². The summed E-state index contributed by atoms with van der Waals surface area (Å²) in [5.74, 6) is -0.259. The Morgan fingerprint density at radius 2 is 1.97 bits per heavy atom. The van der Waals surface area contributed by atoms with Crippen LogP contribution in [0.3, 0.4) is 0 Å². The van der Waals surface area contributed by atoms with Gasteiger partial charge < -0.3 is 19.5 Å². The van der Waals surface area contributed by atoms with Gasteiger partial charge in [0.15, 0.2) is 5.69 Å². The molecule has 0 atom stereocenters. The Bertz CT molecular complexity index is 1090. The summed E-state index contributed by atoms with van der Waals surface area (Å²) in [6, 6.07) is 14.8. The number of amides is 3. The van der Waals surface area contributed by atoms with Crippen molar-refractivity contribution in [1.29, 1.82) is 0 Å². The van der Waals surface area contributed by atoms with Crippen molar-refractivity contribution in [3.05, 3.63) is 77.5 Å². The van der Waals surface area contributed by atoms with Gasteiger partial charge in [-0.1, -0.05) is 30.3 Å². The summed E-state index contributed by atoms with van der Waals surface area (Å²) in [4.78, 5) is 41.1. The van der Waals surface area contributed by atoms with Crippen molar-refractivity contribution < 1.29 is 18.8 Å². The van der Waals surface area contributed by atoms with E-state index >= 15 is 0 Å². The molecule has 0 saturated carbocycles. The smallest absolute Gasteiger partial charge is 0.274 e. The first-order valence-corrected chi connectivity index (χ1v) is 10.5. The number of nitrogens with one attached hydrogen (secondary N) is 1. The zero-order valence-electron chi connectivity index (χ0n) is 17.9. The molecule has 1 aliphatic heterocycles. The number of carbonyl (C=O) groups is 3. The molecule has 3 aromatic rings. The first-order valence-electron chi connectivity index (χ1n) is 10.5. The van der Waals surface area contributed by atoms with E-state index in [2.05, 4.69) is 10.4 Å². The topological polar surface area (TPSA) is 101 Å². The van der Waals surface area contributed by atoms with Crippen molar-refractivity contribution in [3.8, 4) is 0 Å². The molecule has 3 amide bonds. The van der Waals surface area contributed by atoms with Crippen molar-refractivity contribution in [3.63, 3.8) is 0 Å². The zero-order valence-corrected chi connectivity index (χ0v) is 17.9. The Balaban J connectivity index is 1.40. The summed E-state index contributed by atoms with van der Waals surface area (Å²) in [7, 11) is 1.53. The summed E-state index contributed by atoms with van der Waals surface area (Å²) in [5.41, 5.74) is 1.58. The molecule has 1 N–H and O–H groups in total. The van der Waals surface area contributed by atoms with Crippen LogP contribution in [0, 0.1) is 0 Å². The number of aromatic nitrogens is 2. The number of furan rings is 1. The van der Waals surface area contributed by atoms with Crippen LogP contribution in [-0.2, 0) is 24.4 Å². The minimum absolute atomic E-state index is 0.129. The van der Waals surface area contributed by atoms with Crippen LogP contribution >= 0.6 is 0 Å². The number of likely N-dealkylation sites (N-methyl/N-ethyl adjacent to an activating group) is 1. The Morgan fingerprint density at radius 1 is 1.16 bits per heavy atom. The van der Waals surface area contributed by atoms with Gasteiger partial charge in [0.25, 0.3) is 11.8 Å². The number of hydrogen-bond acceptors (Lipinski definition) is 5. The molecule has 0 bridgehead atoms. The lowest BCUT2D eigenvalue weighted by molar-refractivity contribution is -0.121. The Morgan fingerprint density at radius 3 is 2.72 bits per heavy atom. The van der Waals surface area contributed by atoms with Crippen LogP contribution in [0.2, 0.25) is 0 Å². The molecule has 166 valence electrons. The van der Waals surface area contributed by atoms with Crippen molar-refractivity contribution in [2.75, 3.05) is 20.1 Å². The van der Waals surface area contributed by atoms with Gasteiger partial charge >= 0.3 is 0 Å². The minimum atomic E-state index is -0.416. The van der Waals surface area contributed by atoms with Crippen molar-refractivity contribution in [2.24, 2.45) is 0 Å². The average molecular weight is 435 g/mol. The molecule has 1 aromatic carbocycles. The third-order valence-electron chi connectivity index (χ3n) is 5.29. The summed E-state index contributed by atoms with van der Waals surface area (Å²) < 4.78 is 6.76. The van der Waals surface area contributed by atoms with Gasteiger partial charge in [0, 0.05) is 32.7 Å². The fraction of sp³-hybridized carbons (Fsp3) is 0.304. The Kier molecular flexibility index (Phi) is 6.34. The predicted molar refractivity (Wildman–Crippen MR) is 116 cm³/mol. The van der Waals surface area contributed by atoms with Crippen LogP contribution in [0.15, 0.2) is 59.2 Å². The quantitative estimate of drug-likeness (QED) is 0.611. The summed E-state index contributed by atoms with van der Waals surface area (Å²) in [5, 5.41) is 7.05. The van der Waals surface area contributed by atoms with Gasteiger partial charge in [-0.15, -0.1) is 0 Å². The molecule has 0 spiro atoms. The third-order valence-corrected chi connectivity index (χ3v) is 5.29. The Labute approximate surface area is 185 Å².